The Morgan fingerprint density at radius 2 is 1.91 bits per heavy atom. The molecule has 0 radical (unpaired) electrons. The van der Waals surface area contributed by atoms with Gasteiger partial charge in [-0.15, -0.1) is 0 Å². The minimum Gasteiger partial charge on any atom is -0.388 e. The molecule has 3 saturated heterocycles. The predicted octanol–water partition coefficient (Wildman–Crippen LogP) is 0.669. The number of anilines is 1. The smallest absolute Gasteiger partial charge is 0.250 e. The number of likely N-dealkylation sites (tertiary alicyclic amines) is 2. The first-order chi connectivity index (χ1) is 15.3. The van der Waals surface area contributed by atoms with Gasteiger partial charge >= 0.3 is 0 Å². The molecule has 0 bridgehead atoms. The largest absolute Gasteiger partial charge is 0.388 e. The Hall–Kier alpha value is -1.92. The van der Waals surface area contributed by atoms with Gasteiger partial charge in [0.1, 0.15) is 30.2 Å². The van der Waals surface area contributed by atoms with E-state index in [0.29, 0.717) is 23.6 Å². The number of alkyl halides is 2. The molecule has 0 amide bonds. The molecule has 32 heavy (non-hydrogen) atoms. The summed E-state index contributed by atoms with van der Waals surface area (Å²) in [4.78, 5) is 8.19. The van der Waals surface area contributed by atoms with Crippen LogP contribution in [0.25, 0.3) is 5.52 Å². The summed E-state index contributed by atoms with van der Waals surface area (Å²) in [6.07, 6.45) is -0.713. The summed E-state index contributed by atoms with van der Waals surface area (Å²) in [7, 11) is 0. The van der Waals surface area contributed by atoms with Crippen molar-refractivity contribution in [1.82, 2.24) is 24.4 Å². The van der Waals surface area contributed by atoms with Crippen molar-refractivity contribution in [3.8, 4) is 0 Å². The first-order valence-electron chi connectivity index (χ1n) is 11.3. The van der Waals surface area contributed by atoms with Gasteiger partial charge in [0.2, 0.25) is 0 Å². The second kappa shape index (κ2) is 8.45. The number of piperidine rings is 1. The zero-order chi connectivity index (χ0) is 22.5. The number of hydrogen-bond donors (Lipinski definition) is 3. The fourth-order valence-electron chi connectivity index (χ4n) is 5.31. The highest BCUT2D eigenvalue weighted by Gasteiger charge is 2.48. The Labute approximate surface area is 184 Å². The number of nitrogens with two attached hydrogens (primary N) is 1. The molecule has 2 aromatic heterocycles. The second-order valence-electron chi connectivity index (χ2n) is 9.24. The van der Waals surface area contributed by atoms with Crippen molar-refractivity contribution in [1.29, 1.82) is 0 Å². The summed E-state index contributed by atoms with van der Waals surface area (Å²) in [6, 6.07) is 3.16. The van der Waals surface area contributed by atoms with E-state index < -0.39 is 30.3 Å². The molecule has 176 valence electrons. The van der Waals surface area contributed by atoms with Gasteiger partial charge in [-0.1, -0.05) is 0 Å². The lowest BCUT2D eigenvalue weighted by molar-refractivity contribution is -0.0982. The van der Waals surface area contributed by atoms with Crippen molar-refractivity contribution >= 4 is 11.3 Å². The summed E-state index contributed by atoms with van der Waals surface area (Å²) in [5, 5.41) is 25.6. The maximum atomic E-state index is 14.2. The van der Waals surface area contributed by atoms with Crippen molar-refractivity contribution in [2.45, 2.75) is 62.1 Å². The standard InChI is InChI=1S/C21H30F2N6O3/c22-21(23)5-8-28(13(9-21)10-27-6-1-2-7-27)11-16-17(30)18(31)19(32-16)14-3-4-15-20(24)25-12-26-29(14)15/h3-4,12-13,16-19,30-31H,1-2,5-11H2,(H2,24,25,26)/t13-,16?,17+,18+,19-/m0/s1. The Bertz CT molecular complexity index is 953. The lowest BCUT2D eigenvalue weighted by atomic mass is 9.96. The lowest BCUT2D eigenvalue weighted by Gasteiger charge is -2.42. The van der Waals surface area contributed by atoms with Crippen molar-refractivity contribution in [2.75, 3.05) is 38.5 Å². The summed E-state index contributed by atoms with van der Waals surface area (Å²) in [6.45, 7) is 2.97. The van der Waals surface area contributed by atoms with Gasteiger partial charge in [0, 0.05) is 38.5 Å². The Morgan fingerprint density at radius 3 is 2.69 bits per heavy atom. The highest BCUT2D eigenvalue weighted by atomic mass is 19.3. The SMILES string of the molecule is Nc1ncnn2c([C@@H]3OC(CN4CCC(F)(F)C[C@H]4CN4CCCC4)[C@@H](O)[C@H]3O)ccc12. The number of aliphatic hydroxyl groups excluding tert-OH is 2. The van der Waals surface area contributed by atoms with Gasteiger partial charge in [-0.25, -0.2) is 18.3 Å². The van der Waals surface area contributed by atoms with E-state index in [-0.39, 0.29) is 32.0 Å². The predicted molar refractivity (Wildman–Crippen MR) is 112 cm³/mol. The third-order valence-electron chi connectivity index (χ3n) is 7.06. The number of rotatable bonds is 5. The van der Waals surface area contributed by atoms with Gasteiger partial charge < -0.3 is 25.6 Å². The first kappa shape index (κ1) is 21.9. The van der Waals surface area contributed by atoms with Crippen LogP contribution in [0.2, 0.25) is 0 Å². The molecule has 11 heteroatoms. The van der Waals surface area contributed by atoms with Crippen LogP contribution in [0.3, 0.4) is 0 Å². The molecular formula is C21H30F2N6O3. The topological polar surface area (TPSA) is 112 Å². The molecule has 5 rings (SSSR count). The molecule has 0 saturated carbocycles. The maximum absolute atomic E-state index is 14.2. The molecule has 0 spiro atoms. The molecule has 5 heterocycles. The molecular weight excluding hydrogens is 422 g/mol. The number of ether oxygens (including phenoxy) is 1. The maximum Gasteiger partial charge on any atom is 0.250 e. The monoisotopic (exact) mass is 452 g/mol. The highest BCUT2D eigenvalue weighted by Crippen LogP contribution is 2.37. The van der Waals surface area contributed by atoms with Crippen LogP contribution in [0, 0.1) is 0 Å². The normalized spacial score (nSPS) is 33.9. The van der Waals surface area contributed by atoms with Gasteiger partial charge in [-0.3, -0.25) is 4.90 Å². The molecule has 0 aromatic carbocycles. The molecule has 3 aliphatic rings. The molecule has 9 nitrogen and oxygen atoms in total. The van der Waals surface area contributed by atoms with E-state index >= 15 is 0 Å². The van der Waals surface area contributed by atoms with Gasteiger partial charge in [-0.05, 0) is 38.1 Å². The fourth-order valence-corrected chi connectivity index (χ4v) is 5.31. The number of nitrogen functional groups attached to an aromatic ring is 1. The van der Waals surface area contributed by atoms with E-state index in [4.69, 9.17) is 10.5 Å². The summed E-state index contributed by atoms with van der Waals surface area (Å²) >= 11 is 0. The van der Waals surface area contributed by atoms with Crippen molar-refractivity contribution in [2.24, 2.45) is 0 Å². The van der Waals surface area contributed by atoms with Gasteiger partial charge in [-0.2, -0.15) is 5.10 Å². The van der Waals surface area contributed by atoms with Crippen molar-refractivity contribution < 1.29 is 23.7 Å². The van der Waals surface area contributed by atoms with Gasteiger partial charge in [0.15, 0.2) is 5.82 Å². The number of hydrogen-bond acceptors (Lipinski definition) is 8. The van der Waals surface area contributed by atoms with Crippen molar-refractivity contribution in [3.05, 3.63) is 24.2 Å². The van der Waals surface area contributed by atoms with Gasteiger partial charge in [0.25, 0.3) is 5.92 Å². The zero-order valence-electron chi connectivity index (χ0n) is 17.9. The Kier molecular flexibility index (Phi) is 5.79. The third kappa shape index (κ3) is 4.08. The number of aromatic nitrogens is 3. The van der Waals surface area contributed by atoms with Crippen molar-refractivity contribution in [3.63, 3.8) is 0 Å². The average Bonchev–Trinajstić information content (AvgIpc) is 3.47. The van der Waals surface area contributed by atoms with Crippen LogP contribution in [0.5, 0.6) is 0 Å². The van der Waals surface area contributed by atoms with Crippen LogP contribution >= 0.6 is 0 Å². The molecule has 1 unspecified atom stereocenters. The van der Waals surface area contributed by atoms with E-state index in [1.54, 1.807) is 16.6 Å². The molecule has 3 fully saturated rings. The Balaban J connectivity index is 1.32. The van der Waals surface area contributed by atoms with E-state index in [2.05, 4.69) is 15.0 Å². The average molecular weight is 453 g/mol. The summed E-state index contributed by atoms with van der Waals surface area (Å²) < 4.78 is 36.0. The molecule has 0 aliphatic carbocycles. The van der Waals surface area contributed by atoms with E-state index in [1.807, 2.05) is 4.90 Å². The zero-order valence-corrected chi connectivity index (χ0v) is 17.9. The van der Waals surface area contributed by atoms with E-state index in [1.165, 1.54) is 6.33 Å². The number of nitrogens with zero attached hydrogens (tertiary/aromatic N) is 5. The molecule has 5 atom stereocenters. The molecule has 4 N–H and O–H groups in total. The molecule has 3 aliphatic heterocycles. The molecule has 2 aromatic rings. The van der Waals surface area contributed by atoms with Crippen LogP contribution in [-0.4, -0.2) is 97.6 Å². The summed E-state index contributed by atoms with van der Waals surface area (Å²) in [5.41, 5.74) is 7.03. The van der Waals surface area contributed by atoms with Crippen LogP contribution in [0.1, 0.15) is 37.5 Å². The van der Waals surface area contributed by atoms with Gasteiger partial charge in [0.05, 0.1) is 11.8 Å². The summed E-state index contributed by atoms with van der Waals surface area (Å²) in [5.74, 6) is -2.38. The first-order valence-corrected chi connectivity index (χ1v) is 11.3. The van der Waals surface area contributed by atoms with E-state index in [9.17, 15) is 19.0 Å². The highest BCUT2D eigenvalue weighted by molar-refractivity contribution is 5.65. The van der Waals surface area contributed by atoms with Crippen LogP contribution < -0.4 is 5.73 Å². The minimum atomic E-state index is -2.68. The lowest BCUT2D eigenvalue weighted by Crippen LogP contribution is -2.54. The van der Waals surface area contributed by atoms with E-state index in [0.717, 1.165) is 25.9 Å². The fraction of sp³-hybridized carbons (Fsp3) is 0.714. The number of fused-ring (bicyclic) bond motifs is 1. The van der Waals surface area contributed by atoms with Crippen LogP contribution in [-0.2, 0) is 4.74 Å². The minimum absolute atomic E-state index is 0.197. The van der Waals surface area contributed by atoms with Crippen LogP contribution in [0.4, 0.5) is 14.6 Å². The third-order valence-corrected chi connectivity index (χ3v) is 7.06. The van der Waals surface area contributed by atoms with Crippen LogP contribution in [0.15, 0.2) is 18.5 Å². The second-order valence-corrected chi connectivity index (χ2v) is 9.24. The quantitative estimate of drug-likeness (QED) is 0.607. The number of aliphatic hydroxyl groups is 2. The Morgan fingerprint density at radius 1 is 1.12 bits per heavy atom. The number of halogens is 2.